The number of sulfonamides is 1. The molecule has 0 radical (unpaired) electrons. The van der Waals surface area contributed by atoms with Gasteiger partial charge in [0.15, 0.2) is 0 Å². The second-order valence-electron chi connectivity index (χ2n) is 8.06. The predicted molar refractivity (Wildman–Crippen MR) is 129 cm³/mol. The molecule has 0 aliphatic carbocycles. The van der Waals surface area contributed by atoms with Crippen molar-refractivity contribution >= 4 is 33.6 Å². The van der Waals surface area contributed by atoms with Gasteiger partial charge in [0.25, 0.3) is 5.91 Å². The van der Waals surface area contributed by atoms with Gasteiger partial charge in [-0.2, -0.15) is 4.31 Å². The number of benzene rings is 2. The Bertz CT molecular complexity index is 1200. The second-order valence-corrected chi connectivity index (χ2v) is 9.97. The highest BCUT2D eigenvalue weighted by atomic mass is 32.2. The first-order valence-electron chi connectivity index (χ1n) is 11.2. The molecule has 182 valence electrons. The van der Waals surface area contributed by atoms with E-state index in [4.69, 9.17) is 0 Å². The van der Waals surface area contributed by atoms with Crippen molar-refractivity contribution in [3.8, 4) is 0 Å². The smallest absolute Gasteiger partial charge is 0.324 e. The van der Waals surface area contributed by atoms with E-state index < -0.39 is 40.0 Å². The summed E-state index contributed by atoms with van der Waals surface area (Å²) in [7, 11) is -3.73. The highest BCUT2D eigenvalue weighted by Crippen LogP contribution is 2.32. The van der Waals surface area contributed by atoms with Crippen LogP contribution in [0.2, 0.25) is 0 Å². The highest BCUT2D eigenvalue weighted by molar-refractivity contribution is 7.89. The van der Waals surface area contributed by atoms with E-state index >= 15 is 0 Å². The van der Waals surface area contributed by atoms with E-state index in [0.717, 1.165) is 4.90 Å². The first kappa shape index (κ1) is 25.4. The second kappa shape index (κ2) is 9.94. The predicted octanol–water partition coefficient (Wildman–Crippen LogP) is 2.82. The molecule has 0 saturated carbocycles. The lowest BCUT2D eigenvalue weighted by Crippen LogP contribution is -2.44. The molecule has 2 aromatic rings. The van der Waals surface area contributed by atoms with E-state index in [1.807, 2.05) is 6.07 Å². The molecule has 34 heavy (non-hydrogen) atoms. The van der Waals surface area contributed by atoms with Gasteiger partial charge in [0, 0.05) is 18.8 Å². The summed E-state index contributed by atoms with van der Waals surface area (Å²) < 4.78 is 27.3. The highest BCUT2D eigenvalue weighted by Gasteiger charge is 2.51. The molecule has 4 amide bonds. The molecule has 1 heterocycles. The van der Waals surface area contributed by atoms with Crippen molar-refractivity contribution in [3.05, 3.63) is 59.7 Å². The van der Waals surface area contributed by atoms with Crippen LogP contribution in [0.1, 0.15) is 38.3 Å². The molecule has 1 atom stereocenters. The van der Waals surface area contributed by atoms with Crippen LogP contribution in [-0.2, 0) is 25.2 Å². The molecule has 1 aliphatic heterocycles. The van der Waals surface area contributed by atoms with Gasteiger partial charge < -0.3 is 10.6 Å². The Morgan fingerprint density at radius 3 is 2.29 bits per heavy atom. The lowest BCUT2D eigenvalue weighted by atomic mass is 9.87. The summed E-state index contributed by atoms with van der Waals surface area (Å²) in [5, 5.41) is 5.35. The van der Waals surface area contributed by atoms with E-state index in [9.17, 15) is 22.8 Å². The third-order valence-corrected chi connectivity index (χ3v) is 8.26. The molecule has 2 N–H and O–H groups in total. The molecule has 0 aromatic heterocycles. The number of rotatable bonds is 9. The Kier molecular flexibility index (Phi) is 7.42. The Balaban J connectivity index is 1.80. The van der Waals surface area contributed by atoms with E-state index in [1.165, 1.54) is 10.4 Å². The van der Waals surface area contributed by atoms with Crippen molar-refractivity contribution in [1.82, 2.24) is 14.5 Å². The number of hydrogen-bond donors (Lipinski definition) is 2. The number of carbonyl (C=O) groups is 3. The van der Waals surface area contributed by atoms with Crippen molar-refractivity contribution in [1.29, 1.82) is 0 Å². The quantitative estimate of drug-likeness (QED) is 0.529. The van der Waals surface area contributed by atoms with Crippen molar-refractivity contribution in [2.45, 2.75) is 44.6 Å². The molecular formula is C24H30N4O5S. The van der Waals surface area contributed by atoms with E-state index in [2.05, 4.69) is 10.6 Å². The minimum Gasteiger partial charge on any atom is -0.324 e. The fourth-order valence-electron chi connectivity index (χ4n) is 4.13. The van der Waals surface area contributed by atoms with Crippen molar-refractivity contribution in [2.75, 3.05) is 25.0 Å². The summed E-state index contributed by atoms with van der Waals surface area (Å²) in [4.78, 5) is 39.5. The summed E-state index contributed by atoms with van der Waals surface area (Å²) in [5.41, 5.74) is 0.226. The van der Waals surface area contributed by atoms with Crippen LogP contribution in [0.25, 0.3) is 0 Å². The van der Waals surface area contributed by atoms with Crippen LogP contribution in [0.5, 0.6) is 0 Å². The van der Waals surface area contributed by atoms with Gasteiger partial charge in [-0.25, -0.2) is 13.2 Å². The number of carbonyl (C=O) groups excluding carboxylic acids is 3. The van der Waals surface area contributed by atoms with Crippen LogP contribution in [0.4, 0.5) is 10.5 Å². The average molecular weight is 487 g/mol. The number of nitrogens with zero attached hydrogens (tertiary/aromatic N) is 2. The maximum atomic E-state index is 13.2. The Morgan fingerprint density at radius 2 is 1.71 bits per heavy atom. The lowest BCUT2D eigenvalue weighted by molar-refractivity contribution is -0.134. The maximum Gasteiger partial charge on any atom is 0.325 e. The maximum absolute atomic E-state index is 13.2. The SMILES string of the molecule is CCN(CC)S(=O)(=O)c1cc(NC(=O)CN2C(=O)NC(CC)(c3ccccc3)C2=O)ccc1C. The van der Waals surface area contributed by atoms with Gasteiger partial charge in [0.1, 0.15) is 12.1 Å². The summed E-state index contributed by atoms with van der Waals surface area (Å²) in [6.07, 6.45) is 0.324. The molecule has 1 aliphatic rings. The van der Waals surface area contributed by atoms with Crippen molar-refractivity contribution in [2.24, 2.45) is 0 Å². The van der Waals surface area contributed by atoms with Gasteiger partial charge in [0.05, 0.1) is 4.90 Å². The summed E-state index contributed by atoms with van der Waals surface area (Å²) in [5.74, 6) is -1.12. The van der Waals surface area contributed by atoms with Crippen LogP contribution in [0, 0.1) is 6.92 Å². The monoisotopic (exact) mass is 486 g/mol. The Morgan fingerprint density at radius 1 is 1.06 bits per heavy atom. The van der Waals surface area contributed by atoms with Crippen molar-refractivity contribution in [3.63, 3.8) is 0 Å². The zero-order valence-electron chi connectivity index (χ0n) is 19.8. The van der Waals surface area contributed by atoms with Crippen LogP contribution in [0.15, 0.2) is 53.4 Å². The van der Waals surface area contributed by atoms with E-state index in [1.54, 1.807) is 64.1 Å². The molecule has 1 saturated heterocycles. The van der Waals surface area contributed by atoms with Gasteiger partial charge in [-0.1, -0.05) is 57.2 Å². The molecule has 0 bridgehead atoms. The summed E-state index contributed by atoms with van der Waals surface area (Å²) in [6.45, 7) is 7.13. The standard InChI is InChI=1S/C24H30N4O5S/c1-5-24(18-11-9-8-10-12-18)22(30)28(23(31)26-24)16-21(29)25-19-14-13-17(4)20(15-19)34(32,33)27(6-2)7-3/h8-15H,5-7,16H2,1-4H3,(H,25,29)(H,26,31). The van der Waals surface area contributed by atoms with Crippen LogP contribution < -0.4 is 10.6 Å². The molecule has 0 spiro atoms. The van der Waals surface area contributed by atoms with Gasteiger partial charge in [-0.05, 0) is 36.6 Å². The number of amides is 4. The average Bonchev–Trinajstić information content (AvgIpc) is 3.06. The van der Waals surface area contributed by atoms with E-state index in [-0.39, 0.29) is 10.6 Å². The summed E-state index contributed by atoms with van der Waals surface area (Å²) in [6, 6.07) is 12.8. The van der Waals surface area contributed by atoms with Gasteiger partial charge in [-0.15, -0.1) is 0 Å². The normalized spacial score (nSPS) is 18.3. The van der Waals surface area contributed by atoms with Gasteiger partial charge >= 0.3 is 6.03 Å². The van der Waals surface area contributed by atoms with Crippen LogP contribution in [0.3, 0.4) is 0 Å². The van der Waals surface area contributed by atoms with Gasteiger partial charge in [-0.3, -0.25) is 14.5 Å². The van der Waals surface area contributed by atoms with Crippen molar-refractivity contribution < 1.29 is 22.8 Å². The fraction of sp³-hybridized carbons (Fsp3) is 0.375. The molecule has 1 fully saturated rings. The molecular weight excluding hydrogens is 456 g/mol. The zero-order valence-corrected chi connectivity index (χ0v) is 20.6. The van der Waals surface area contributed by atoms with Gasteiger partial charge in [0.2, 0.25) is 15.9 Å². The fourth-order valence-corrected chi connectivity index (χ4v) is 5.84. The Labute approximate surface area is 200 Å². The largest absolute Gasteiger partial charge is 0.325 e. The molecule has 1 unspecified atom stereocenters. The third kappa shape index (κ3) is 4.55. The molecule has 9 nitrogen and oxygen atoms in total. The first-order chi connectivity index (χ1) is 16.1. The minimum atomic E-state index is -3.73. The van der Waals surface area contributed by atoms with Crippen LogP contribution in [-0.4, -0.2) is 55.1 Å². The first-order valence-corrected chi connectivity index (χ1v) is 12.6. The number of imide groups is 1. The molecule has 2 aromatic carbocycles. The number of anilines is 1. The van der Waals surface area contributed by atoms with E-state index in [0.29, 0.717) is 30.6 Å². The van der Waals surface area contributed by atoms with Crippen LogP contribution >= 0.6 is 0 Å². The number of urea groups is 1. The number of nitrogens with one attached hydrogen (secondary N) is 2. The lowest BCUT2D eigenvalue weighted by Gasteiger charge is -2.25. The topological polar surface area (TPSA) is 116 Å². The Hall–Kier alpha value is -3.24. The summed E-state index contributed by atoms with van der Waals surface area (Å²) >= 11 is 0. The molecule has 3 rings (SSSR count). The number of aryl methyl sites for hydroxylation is 1. The minimum absolute atomic E-state index is 0.0954. The zero-order chi connectivity index (χ0) is 25.1. The molecule has 10 heteroatoms. The third-order valence-electron chi connectivity index (χ3n) is 6.07. The number of hydrogen-bond acceptors (Lipinski definition) is 5.